The first-order chi connectivity index (χ1) is 9.51. The third-order valence-corrected chi connectivity index (χ3v) is 2.78. The molecule has 0 unspecified atom stereocenters. The third kappa shape index (κ3) is 4.19. The van der Waals surface area contributed by atoms with E-state index >= 15 is 0 Å². The molecule has 20 heavy (non-hydrogen) atoms. The second-order valence-electron chi connectivity index (χ2n) is 4.47. The maximum Gasteiger partial charge on any atom is 0.322 e. The van der Waals surface area contributed by atoms with Gasteiger partial charge in [-0.15, -0.1) is 0 Å². The molecule has 1 aromatic rings. The fraction of sp³-hybridized carbons (Fsp3) is 0.400. The molecule has 1 rings (SSSR count). The van der Waals surface area contributed by atoms with Gasteiger partial charge < -0.3 is 19.7 Å². The Hall–Kier alpha value is -2.17. The van der Waals surface area contributed by atoms with Gasteiger partial charge in [0.25, 0.3) is 0 Å². The molecule has 0 fully saturated rings. The van der Waals surface area contributed by atoms with E-state index in [-0.39, 0.29) is 6.03 Å². The minimum atomic E-state index is -0.182. The SMILES string of the molecule is C=C(C)CN(CC)C(=O)Nc1ccc(OC)cc1OC. The van der Waals surface area contributed by atoms with Crippen LogP contribution in [0.2, 0.25) is 0 Å². The summed E-state index contributed by atoms with van der Waals surface area (Å²) in [5, 5.41) is 2.83. The topological polar surface area (TPSA) is 50.8 Å². The van der Waals surface area contributed by atoms with Crippen molar-refractivity contribution in [2.75, 3.05) is 32.6 Å². The number of anilines is 1. The van der Waals surface area contributed by atoms with Crippen molar-refractivity contribution in [2.45, 2.75) is 13.8 Å². The summed E-state index contributed by atoms with van der Waals surface area (Å²) in [7, 11) is 3.13. The summed E-state index contributed by atoms with van der Waals surface area (Å²) in [6.07, 6.45) is 0. The zero-order chi connectivity index (χ0) is 15.1. The molecule has 0 bridgehead atoms. The van der Waals surface area contributed by atoms with Gasteiger partial charge >= 0.3 is 6.03 Å². The van der Waals surface area contributed by atoms with Crippen molar-refractivity contribution in [3.8, 4) is 11.5 Å². The van der Waals surface area contributed by atoms with Crippen LogP contribution in [0.3, 0.4) is 0 Å². The Morgan fingerprint density at radius 2 is 2.05 bits per heavy atom. The lowest BCUT2D eigenvalue weighted by atomic mass is 10.2. The highest BCUT2D eigenvalue weighted by molar-refractivity contribution is 5.91. The van der Waals surface area contributed by atoms with Crippen molar-refractivity contribution in [1.29, 1.82) is 0 Å². The van der Waals surface area contributed by atoms with Crippen molar-refractivity contribution in [3.63, 3.8) is 0 Å². The predicted octanol–water partition coefficient (Wildman–Crippen LogP) is 3.13. The highest BCUT2D eigenvalue weighted by atomic mass is 16.5. The third-order valence-electron chi connectivity index (χ3n) is 2.78. The zero-order valence-electron chi connectivity index (χ0n) is 12.5. The fourth-order valence-corrected chi connectivity index (χ4v) is 1.75. The summed E-state index contributed by atoms with van der Waals surface area (Å²) in [6.45, 7) is 8.78. The molecule has 5 nitrogen and oxygen atoms in total. The molecule has 0 saturated carbocycles. The Morgan fingerprint density at radius 3 is 2.55 bits per heavy atom. The van der Waals surface area contributed by atoms with Crippen LogP contribution in [0.5, 0.6) is 11.5 Å². The Kier molecular flexibility index (Phi) is 5.90. The number of nitrogens with zero attached hydrogens (tertiary/aromatic N) is 1. The van der Waals surface area contributed by atoms with Gasteiger partial charge in [0, 0.05) is 19.2 Å². The van der Waals surface area contributed by atoms with Gasteiger partial charge in [0.1, 0.15) is 11.5 Å². The minimum Gasteiger partial charge on any atom is -0.497 e. The molecule has 2 amide bonds. The van der Waals surface area contributed by atoms with Crippen LogP contribution < -0.4 is 14.8 Å². The van der Waals surface area contributed by atoms with E-state index in [2.05, 4.69) is 11.9 Å². The molecule has 110 valence electrons. The van der Waals surface area contributed by atoms with Gasteiger partial charge in [0.15, 0.2) is 0 Å². The summed E-state index contributed by atoms with van der Waals surface area (Å²) >= 11 is 0. The molecule has 1 aromatic carbocycles. The molecular formula is C15H22N2O3. The van der Waals surface area contributed by atoms with E-state index in [1.54, 1.807) is 37.3 Å². The maximum absolute atomic E-state index is 12.2. The number of carbonyl (C=O) groups is 1. The number of hydrogen-bond acceptors (Lipinski definition) is 3. The monoisotopic (exact) mass is 278 g/mol. The molecule has 0 aromatic heterocycles. The zero-order valence-corrected chi connectivity index (χ0v) is 12.5. The Labute approximate surface area is 120 Å². The summed E-state index contributed by atoms with van der Waals surface area (Å²) in [5.41, 5.74) is 1.54. The number of hydrogen-bond donors (Lipinski definition) is 1. The largest absolute Gasteiger partial charge is 0.497 e. The predicted molar refractivity (Wildman–Crippen MR) is 80.6 cm³/mol. The van der Waals surface area contributed by atoms with E-state index in [0.29, 0.717) is 30.3 Å². The maximum atomic E-state index is 12.2. The van der Waals surface area contributed by atoms with Gasteiger partial charge in [-0.1, -0.05) is 12.2 Å². The molecule has 1 N–H and O–H groups in total. The molecule has 0 radical (unpaired) electrons. The van der Waals surface area contributed by atoms with E-state index in [9.17, 15) is 4.79 Å². The molecule has 5 heteroatoms. The van der Waals surface area contributed by atoms with E-state index < -0.39 is 0 Å². The van der Waals surface area contributed by atoms with Crippen LogP contribution in [0, 0.1) is 0 Å². The number of methoxy groups -OCH3 is 2. The Balaban J connectivity index is 2.86. The molecule has 0 spiro atoms. The first kappa shape index (κ1) is 15.9. The van der Waals surface area contributed by atoms with Crippen LogP contribution in [0.15, 0.2) is 30.4 Å². The van der Waals surface area contributed by atoms with Crippen molar-refractivity contribution >= 4 is 11.7 Å². The lowest BCUT2D eigenvalue weighted by molar-refractivity contribution is 0.218. The van der Waals surface area contributed by atoms with Gasteiger partial charge in [-0.05, 0) is 26.0 Å². The van der Waals surface area contributed by atoms with Crippen LogP contribution >= 0.6 is 0 Å². The second-order valence-corrected chi connectivity index (χ2v) is 4.47. The first-order valence-corrected chi connectivity index (χ1v) is 6.44. The lowest BCUT2D eigenvalue weighted by Gasteiger charge is -2.22. The number of ether oxygens (including phenoxy) is 2. The summed E-state index contributed by atoms with van der Waals surface area (Å²) < 4.78 is 10.4. The van der Waals surface area contributed by atoms with Gasteiger partial charge in [-0.3, -0.25) is 0 Å². The lowest BCUT2D eigenvalue weighted by Crippen LogP contribution is -2.35. The van der Waals surface area contributed by atoms with Crippen molar-refractivity contribution in [2.24, 2.45) is 0 Å². The quantitative estimate of drug-likeness (QED) is 0.813. The highest BCUT2D eigenvalue weighted by Gasteiger charge is 2.14. The van der Waals surface area contributed by atoms with E-state index in [4.69, 9.17) is 9.47 Å². The molecule has 0 heterocycles. The van der Waals surface area contributed by atoms with Crippen molar-refractivity contribution < 1.29 is 14.3 Å². The standard InChI is InChI=1S/C15H22N2O3/c1-6-17(10-11(2)3)15(18)16-13-8-7-12(19-4)9-14(13)20-5/h7-9H,2,6,10H2,1,3-5H3,(H,16,18). The summed E-state index contributed by atoms with van der Waals surface area (Å²) in [6, 6.07) is 5.07. The number of urea groups is 1. The average molecular weight is 278 g/mol. The highest BCUT2D eigenvalue weighted by Crippen LogP contribution is 2.29. The number of likely N-dealkylation sites (N-methyl/N-ethyl adjacent to an activating group) is 1. The number of amides is 2. The summed E-state index contributed by atoms with van der Waals surface area (Å²) in [5.74, 6) is 1.23. The second kappa shape index (κ2) is 7.43. The van der Waals surface area contributed by atoms with Gasteiger partial charge in [-0.25, -0.2) is 4.79 Å². The summed E-state index contributed by atoms with van der Waals surface area (Å²) in [4.78, 5) is 13.9. The first-order valence-electron chi connectivity index (χ1n) is 6.44. The number of benzene rings is 1. The molecular weight excluding hydrogens is 256 g/mol. The number of rotatable bonds is 6. The Bertz CT molecular complexity index is 486. The smallest absolute Gasteiger partial charge is 0.322 e. The normalized spacial score (nSPS) is 9.80. The van der Waals surface area contributed by atoms with Gasteiger partial charge in [0.2, 0.25) is 0 Å². The molecule has 0 saturated heterocycles. The van der Waals surface area contributed by atoms with Crippen molar-refractivity contribution in [1.82, 2.24) is 4.90 Å². The van der Waals surface area contributed by atoms with Gasteiger partial charge in [0.05, 0.1) is 19.9 Å². The molecule has 0 atom stereocenters. The van der Waals surface area contributed by atoms with Crippen LogP contribution in [0.1, 0.15) is 13.8 Å². The van der Waals surface area contributed by atoms with E-state index in [1.807, 2.05) is 13.8 Å². The van der Waals surface area contributed by atoms with E-state index in [0.717, 1.165) is 5.57 Å². The van der Waals surface area contributed by atoms with Crippen LogP contribution in [0.25, 0.3) is 0 Å². The number of nitrogens with one attached hydrogen (secondary N) is 1. The van der Waals surface area contributed by atoms with Crippen LogP contribution in [-0.2, 0) is 0 Å². The minimum absolute atomic E-state index is 0.182. The molecule has 0 aliphatic carbocycles. The van der Waals surface area contributed by atoms with Gasteiger partial charge in [-0.2, -0.15) is 0 Å². The fourth-order valence-electron chi connectivity index (χ4n) is 1.75. The average Bonchev–Trinajstić information content (AvgIpc) is 2.44. The number of carbonyl (C=O) groups excluding carboxylic acids is 1. The molecule has 0 aliphatic rings. The van der Waals surface area contributed by atoms with Crippen LogP contribution in [-0.4, -0.2) is 38.2 Å². The Morgan fingerprint density at radius 1 is 1.35 bits per heavy atom. The van der Waals surface area contributed by atoms with Crippen molar-refractivity contribution in [3.05, 3.63) is 30.4 Å². The van der Waals surface area contributed by atoms with Crippen LogP contribution in [0.4, 0.5) is 10.5 Å². The molecule has 0 aliphatic heterocycles. The van der Waals surface area contributed by atoms with E-state index in [1.165, 1.54) is 0 Å².